The normalized spacial score (nSPS) is 11.4. The van der Waals surface area contributed by atoms with Crippen molar-refractivity contribution < 1.29 is 18.3 Å². The van der Waals surface area contributed by atoms with Crippen molar-refractivity contribution in [3.05, 3.63) is 35.9 Å². The van der Waals surface area contributed by atoms with Crippen molar-refractivity contribution in [3.8, 4) is 11.5 Å². The summed E-state index contributed by atoms with van der Waals surface area (Å²) in [6.45, 7) is 5.25. The minimum absolute atomic E-state index is 0.239. The lowest BCUT2D eigenvalue weighted by atomic mass is 10.1. The van der Waals surface area contributed by atoms with E-state index in [1.165, 1.54) is 0 Å². The lowest BCUT2D eigenvalue weighted by Crippen LogP contribution is -1.99. The van der Waals surface area contributed by atoms with Crippen LogP contribution < -0.4 is 9.47 Å². The maximum absolute atomic E-state index is 14.9. The zero-order valence-electron chi connectivity index (χ0n) is 16.7. The Morgan fingerprint density at radius 3 is 1.64 bits per heavy atom. The van der Waals surface area contributed by atoms with Crippen LogP contribution in [-0.2, 0) is 0 Å². The van der Waals surface area contributed by atoms with E-state index >= 15 is 0 Å². The molecule has 0 aliphatic carbocycles. The smallest absolute Gasteiger partial charge is 0.182 e. The number of rotatable bonds is 11. The number of hydrogen-bond acceptors (Lipinski definition) is 3. The van der Waals surface area contributed by atoms with E-state index in [2.05, 4.69) is 13.8 Å². The van der Waals surface area contributed by atoms with E-state index in [0.717, 1.165) is 56.3 Å². The van der Waals surface area contributed by atoms with E-state index in [1.54, 1.807) is 12.1 Å². The standard InChI is InChI=1S/C23H28F2O2S/c1-3-5-7-9-15-27-19-13-11-17-16-10-12-18(26-14-8-6-4-2)20(24)22(16)28-23(17)21(19)25/h10-13H,3-9,14-15H2,1-2H3. The summed E-state index contributed by atoms with van der Waals surface area (Å²) in [7, 11) is 0. The molecule has 0 unspecified atom stereocenters. The summed E-state index contributed by atoms with van der Waals surface area (Å²) >= 11 is 1.12. The lowest BCUT2D eigenvalue weighted by molar-refractivity contribution is 0.292. The van der Waals surface area contributed by atoms with Gasteiger partial charge < -0.3 is 9.47 Å². The molecule has 2 nitrogen and oxygen atoms in total. The van der Waals surface area contributed by atoms with Crippen molar-refractivity contribution in [1.82, 2.24) is 0 Å². The van der Waals surface area contributed by atoms with Crippen LogP contribution in [0.3, 0.4) is 0 Å². The van der Waals surface area contributed by atoms with E-state index in [1.807, 2.05) is 12.1 Å². The molecule has 0 aliphatic rings. The van der Waals surface area contributed by atoms with E-state index in [0.29, 0.717) is 33.4 Å². The monoisotopic (exact) mass is 406 g/mol. The fourth-order valence-electron chi connectivity index (χ4n) is 3.27. The molecule has 0 spiro atoms. The van der Waals surface area contributed by atoms with Crippen molar-refractivity contribution in [3.63, 3.8) is 0 Å². The molecule has 5 heteroatoms. The quantitative estimate of drug-likeness (QED) is 0.302. The minimum atomic E-state index is -0.406. The molecule has 0 N–H and O–H groups in total. The number of benzene rings is 2. The van der Waals surface area contributed by atoms with Gasteiger partial charge in [-0.25, -0.2) is 8.78 Å². The predicted molar refractivity (Wildman–Crippen MR) is 114 cm³/mol. The predicted octanol–water partition coefficient (Wildman–Crippen LogP) is 7.86. The van der Waals surface area contributed by atoms with E-state index < -0.39 is 11.6 Å². The van der Waals surface area contributed by atoms with Gasteiger partial charge in [-0.1, -0.05) is 46.0 Å². The zero-order valence-corrected chi connectivity index (χ0v) is 17.5. The van der Waals surface area contributed by atoms with Crippen LogP contribution in [0.5, 0.6) is 11.5 Å². The van der Waals surface area contributed by atoms with Gasteiger partial charge in [0.15, 0.2) is 23.1 Å². The van der Waals surface area contributed by atoms with Crippen LogP contribution in [0.4, 0.5) is 8.78 Å². The van der Waals surface area contributed by atoms with E-state index in [-0.39, 0.29) is 11.5 Å². The van der Waals surface area contributed by atoms with Crippen molar-refractivity contribution >= 4 is 31.5 Å². The fourth-order valence-corrected chi connectivity index (χ4v) is 4.43. The Morgan fingerprint density at radius 1 is 0.679 bits per heavy atom. The molecule has 3 aromatic rings. The van der Waals surface area contributed by atoms with Crippen molar-refractivity contribution in [2.24, 2.45) is 0 Å². The summed E-state index contributed by atoms with van der Waals surface area (Å²) in [6.07, 6.45) is 7.33. The van der Waals surface area contributed by atoms with Crippen molar-refractivity contribution in [1.29, 1.82) is 0 Å². The number of thiophene rings is 1. The van der Waals surface area contributed by atoms with Gasteiger partial charge in [0.2, 0.25) is 0 Å². The molecular formula is C23H28F2O2S. The summed E-state index contributed by atoms with van der Waals surface area (Å²) in [4.78, 5) is 0. The first-order valence-corrected chi connectivity index (χ1v) is 11.1. The van der Waals surface area contributed by atoms with Gasteiger partial charge in [-0.3, -0.25) is 0 Å². The molecule has 0 bridgehead atoms. The largest absolute Gasteiger partial charge is 0.490 e. The molecule has 2 aromatic carbocycles. The Bertz CT molecular complexity index is 920. The SMILES string of the molecule is CCCCCCOc1ccc2c(sc3c(F)c(OCCCCC)ccc32)c1F. The first-order valence-electron chi connectivity index (χ1n) is 10.3. The van der Waals surface area contributed by atoms with Crippen LogP contribution in [0.25, 0.3) is 20.2 Å². The molecule has 1 aromatic heterocycles. The van der Waals surface area contributed by atoms with Crippen LogP contribution in [0.1, 0.15) is 58.8 Å². The Labute approximate surface area is 169 Å². The Morgan fingerprint density at radius 2 is 1.14 bits per heavy atom. The molecule has 3 rings (SSSR count). The first-order chi connectivity index (χ1) is 13.7. The molecule has 0 amide bonds. The lowest BCUT2D eigenvalue weighted by Gasteiger charge is -2.07. The molecule has 0 aliphatic heterocycles. The van der Waals surface area contributed by atoms with Crippen LogP contribution >= 0.6 is 11.3 Å². The van der Waals surface area contributed by atoms with Crippen LogP contribution in [0.15, 0.2) is 24.3 Å². The molecule has 0 radical (unpaired) electrons. The number of fused-ring (bicyclic) bond motifs is 3. The van der Waals surface area contributed by atoms with Gasteiger partial charge in [0, 0.05) is 10.8 Å². The maximum Gasteiger partial charge on any atom is 0.182 e. The number of hydrogen-bond donors (Lipinski definition) is 0. The average molecular weight is 407 g/mol. The van der Waals surface area contributed by atoms with Gasteiger partial charge in [0.1, 0.15) is 0 Å². The first kappa shape index (κ1) is 20.8. The highest BCUT2D eigenvalue weighted by Gasteiger charge is 2.18. The minimum Gasteiger partial charge on any atom is -0.490 e. The van der Waals surface area contributed by atoms with Crippen LogP contribution in [0.2, 0.25) is 0 Å². The van der Waals surface area contributed by atoms with Gasteiger partial charge >= 0.3 is 0 Å². The van der Waals surface area contributed by atoms with E-state index in [4.69, 9.17) is 9.47 Å². The average Bonchev–Trinajstić information content (AvgIpc) is 3.08. The molecule has 1 heterocycles. The molecule has 28 heavy (non-hydrogen) atoms. The Hall–Kier alpha value is -1.88. The highest BCUT2D eigenvalue weighted by molar-refractivity contribution is 7.25. The van der Waals surface area contributed by atoms with Crippen LogP contribution in [-0.4, -0.2) is 13.2 Å². The summed E-state index contributed by atoms with van der Waals surface area (Å²) in [5.74, 6) is -0.328. The molecule has 0 atom stereocenters. The number of ether oxygens (including phenoxy) is 2. The molecule has 0 fully saturated rings. The fraction of sp³-hybridized carbons (Fsp3) is 0.478. The molecule has 152 valence electrons. The third-order valence-corrected chi connectivity index (χ3v) is 6.09. The van der Waals surface area contributed by atoms with Gasteiger partial charge in [-0.2, -0.15) is 0 Å². The summed E-state index contributed by atoms with van der Waals surface area (Å²) in [6, 6.07) is 6.93. The second-order valence-corrected chi connectivity index (χ2v) is 8.10. The maximum atomic E-state index is 14.9. The number of unbranched alkanes of at least 4 members (excludes halogenated alkanes) is 5. The van der Waals surface area contributed by atoms with Gasteiger partial charge in [0.25, 0.3) is 0 Å². The molecule has 0 saturated carbocycles. The summed E-state index contributed by atoms with van der Waals surface area (Å²) < 4.78 is 41.9. The van der Waals surface area contributed by atoms with Crippen LogP contribution in [0, 0.1) is 11.6 Å². The second-order valence-electron chi connectivity index (χ2n) is 7.08. The Balaban J connectivity index is 1.82. The second kappa shape index (κ2) is 10.1. The van der Waals surface area contributed by atoms with Crippen molar-refractivity contribution in [2.45, 2.75) is 58.8 Å². The van der Waals surface area contributed by atoms with Crippen molar-refractivity contribution in [2.75, 3.05) is 13.2 Å². The zero-order chi connectivity index (χ0) is 19.9. The summed E-state index contributed by atoms with van der Waals surface area (Å²) in [5, 5.41) is 1.43. The van der Waals surface area contributed by atoms with Gasteiger partial charge in [0.05, 0.1) is 22.6 Å². The highest BCUT2D eigenvalue weighted by atomic mass is 32.1. The summed E-state index contributed by atoms with van der Waals surface area (Å²) in [5.41, 5.74) is 0. The highest BCUT2D eigenvalue weighted by Crippen LogP contribution is 2.41. The Kier molecular flexibility index (Phi) is 7.49. The molecular weight excluding hydrogens is 378 g/mol. The number of halogens is 2. The topological polar surface area (TPSA) is 18.5 Å². The molecule has 0 saturated heterocycles. The third kappa shape index (κ3) is 4.57. The van der Waals surface area contributed by atoms with E-state index in [9.17, 15) is 8.78 Å². The third-order valence-electron chi connectivity index (χ3n) is 4.88. The van der Waals surface area contributed by atoms with Gasteiger partial charge in [-0.05, 0) is 37.1 Å². The van der Waals surface area contributed by atoms with Gasteiger partial charge in [-0.15, -0.1) is 11.3 Å².